The van der Waals surface area contributed by atoms with E-state index in [4.69, 9.17) is 18.9 Å². The van der Waals surface area contributed by atoms with Crippen molar-refractivity contribution in [3.63, 3.8) is 0 Å². The number of anilines is 1. The first-order valence-corrected chi connectivity index (χ1v) is 9.64. The fraction of sp³-hybridized carbons (Fsp3) is 0.261. The predicted octanol–water partition coefficient (Wildman–Crippen LogP) is 4.13. The maximum atomic E-state index is 13.1. The summed E-state index contributed by atoms with van der Waals surface area (Å²) in [5, 5.41) is 2.93. The zero-order valence-corrected chi connectivity index (χ0v) is 17.4. The molecule has 4 rings (SSSR count). The van der Waals surface area contributed by atoms with Crippen molar-refractivity contribution in [1.82, 2.24) is 4.57 Å². The van der Waals surface area contributed by atoms with Crippen molar-refractivity contribution in [2.75, 3.05) is 32.8 Å². The lowest BCUT2D eigenvalue weighted by atomic mass is 10.2. The zero-order chi connectivity index (χ0) is 21.3. The molecule has 1 N–H and O–H groups in total. The van der Waals surface area contributed by atoms with Crippen LogP contribution in [-0.4, -0.2) is 37.9 Å². The van der Waals surface area contributed by atoms with Crippen molar-refractivity contribution in [3.05, 3.63) is 59.4 Å². The van der Waals surface area contributed by atoms with Gasteiger partial charge in [0.05, 0.1) is 25.5 Å². The zero-order valence-electron chi connectivity index (χ0n) is 17.4. The van der Waals surface area contributed by atoms with Gasteiger partial charge in [0.25, 0.3) is 5.91 Å². The van der Waals surface area contributed by atoms with Gasteiger partial charge in [-0.05, 0) is 44.2 Å². The highest BCUT2D eigenvalue weighted by atomic mass is 16.6. The first-order valence-electron chi connectivity index (χ1n) is 9.64. The van der Waals surface area contributed by atoms with E-state index in [1.807, 2.05) is 42.7 Å². The third kappa shape index (κ3) is 3.54. The Hall–Kier alpha value is -3.61. The minimum Gasteiger partial charge on any atom is -0.497 e. The van der Waals surface area contributed by atoms with Gasteiger partial charge in [0, 0.05) is 29.2 Å². The van der Waals surface area contributed by atoms with Crippen LogP contribution in [0.1, 0.15) is 21.7 Å². The fourth-order valence-electron chi connectivity index (χ4n) is 3.66. The van der Waals surface area contributed by atoms with E-state index < -0.39 is 0 Å². The van der Waals surface area contributed by atoms with Crippen molar-refractivity contribution in [1.29, 1.82) is 0 Å². The summed E-state index contributed by atoms with van der Waals surface area (Å²) in [5.41, 5.74) is 3.79. The van der Waals surface area contributed by atoms with Gasteiger partial charge in [0.15, 0.2) is 11.5 Å². The van der Waals surface area contributed by atoms with Crippen molar-refractivity contribution >= 4 is 11.6 Å². The van der Waals surface area contributed by atoms with Gasteiger partial charge in [-0.15, -0.1) is 0 Å². The predicted molar refractivity (Wildman–Crippen MR) is 114 cm³/mol. The Balaban J connectivity index is 1.66. The lowest BCUT2D eigenvalue weighted by Crippen LogP contribution is -2.16. The van der Waals surface area contributed by atoms with E-state index in [0.717, 1.165) is 22.8 Å². The second-order valence-corrected chi connectivity index (χ2v) is 6.97. The molecule has 0 saturated heterocycles. The molecule has 156 valence electrons. The summed E-state index contributed by atoms with van der Waals surface area (Å²) >= 11 is 0. The van der Waals surface area contributed by atoms with E-state index in [0.29, 0.717) is 41.7 Å². The lowest BCUT2D eigenvalue weighted by Gasteiger charge is -2.20. The van der Waals surface area contributed by atoms with Crippen LogP contribution in [0, 0.1) is 13.8 Å². The first-order chi connectivity index (χ1) is 14.5. The number of methoxy groups -OCH3 is 2. The van der Waals surface area contributed by atoms with Gasteiger partial charge in [-0.25, -0.2) is 0 Å². The number of carbonyl (C=O) groups is 1. The molecule has 0 radical (unpaired) electrons. The molecule has 2 heterocycles. The molecule has 0 unspecified atom stereocenters. The number of nitrogens with one attached hydrogen (secondary N) is 1. The Morgan fingerprint density at radius 1 is 0.967 bits per heavy atom. The largest absolute Gasteiger partial charge is 0.497 e. The number of nitrogens with zero attached hydrogens (tertiary/aromatic N) is 1. The molecule has 1 amide bonds. The summed E-state index contributed by atoms with van der Waals surface area (Å²) in [4.78, 5) is 13.1. The second-order valence-electron chi connectivity index (χ2n) is 6.97. The van der Waals surface area contributed by atoms with E-state index in [9.17, 15) is 4.79 Å². The van der Waals surface area contributed by atoms with Gasteiger partial charge >= 0.3 is 0 Å². The highest BCUT2D eigenvalue weighted by molar-refractivity contribution is 6.06. The Morgan fingerprint density at radius 3 is 2.47 bits per heavy atom. The molecular weight excluding hydrogens is 384 g/mol. The molecule has 0 spiro atoms. The standard InChI is InChI=1S/C23H24N2O5/c1-14-11-18(23(26)24-19-13-17(27-3)6-8-20(19)28-4)15(2)25(14)16-5-7-21-22(12-16)30-10-9-29-21/h5-8,11-13H,9-10H2,1-4H3,(H,24,26). The number of rotatable bonds is 5. The second kappa shape index (κ2) is 8.02. The van der Waals surface area contributed by atoms with Crippen molar-refractivity contribution in [2.24, 2.45) is 0 Å². The Labute approximate surface area is 175 Å². The van der Waals surface area contributed by atoms with E-state index in [1.54, 1.807) is 32.4 Å². The number of hydrogen-bond acceptors (Lipinski definition) is 5. The summed E-state index contributed by atoms with van der Waals surface area (Å²) in [5.74, 6) is 2.41. The lowest BCUT2D eigenvalue weighted by molar-refractivity contribution is 0.102. The Morgan fingerprint density at radius 2 is 1.73 bits per heavy atom. The maximum absolute atomic E-state index is 13.1. The van der Waals surface area contributed by atoms with Crippen molar-refractivity contribution in [2.45, 2.75) is 13.8 Å². The van der Waals surface area contributed by atoms with E-state index in [-0.39, 0.29) is 5.91 Å². The van der Waals surface area contributed by atoms with E-state index >= 15 is 0 Å². The Kier molecular flexibility index (Phi) is 5.27. The highest BCUT2D eigenvalue weighted by Crippen LogP contribution is 2.34. The topological polar surface area (TPSA) is 71.0 Å². The SMILES string of the molecule is COc1ccc(OC)c(NC(=O)c2cc(C)n(-c3ccc4c(c3)OCCO4)c2C)c1. The summed E-state index contributed by atoms with van der Waals surface area (Å²) in [6.07, 6.45) is 0. The van der Waals surface area contributed by atoms with Crippen molar-refractivity contribution < 1.29 is 23.7 Å². The molecule has 0 atom stereocenters. The summed E-state index contributed by atoms with van der Waals surface area (Å²) in [7, 11) is 3.14. The summed E-state index contributed by atoms with van der Waals surface area (Å²) < 4.78 is 24.0. The minimum absolute atomic E-state index is 0.224. The summed E-state index contributed by atoms with van der Waals surface area (Å²) in [6, 6.07) is 12.9. The van der Waals surface area contributed by atoms with Crippen LogP contribution in [0.25, 0.3) is 5.69 Å². The average Bonchev–Trinajstić information content (AvgIpc) is 3.07. The van der Waals surface area contributed by atoms with Crippen LogP contribution >= 0.6 is 0 Å². The third-order valence-corrected chi connectivity index (χ3v) is 5.11. The monoisotopic (exact) mass is 408 g/mol. The smallest absolute Gasteiger partial charge is 0.257 e. The van der Waals surface area contributed by atoms with Gasteiger partial charge in [-0.3, -0.25) is 4.79 Å². The van der Waals surface area contributed by atoms with E-state index in [2.05, 4.69) is 5.32 Å². The molecule has 30 heavy (non-hydrogen) atoms. The van der Waals surface area contributed by atoms with Gasteiger partial charge in [0.1, 0.15) is 24.7 Å². The van der Waals surface area contributed by atoms with Crippen LogP contribution in [0.5, 0.6) is 23.0 Å². The first kappa shape index (κ1) is 19.7. The molecule has 0 bridgehead atoms. The van der Waals surface area contributed by atoms with Crippen LogP contribution in [0.4, 0.5) is 5.69 Å². The van der Waals surface area contributed by atoms with Crippen molar-refractivity contribution in [3.8, 4) is 28.7 Å². The number of aryl methyl sites for hydroxylation is 1. The third-order valence-electron chi connectivity index (χ3n) is 5.11. The summed E-state index contributed by atoms with van der Waals surface area (Å²) in [6.45, 7) is 4.95. The van der Waals surface area contributed by atoms with Gasteiger partial charge in [-0.2, -0.15) is 0 Å². The molecule has 7 nitrogen and oxygen atoms in total. The molecule has 1 aliphatic heterocycles. The quantitative estimate of drug-likeness (QED) is 0.687. The molecule has 2 aromatic carbocycles. The number of benzene rings is 2. The van der Waals surface area contributed by atoms with Crippen LogP contribution in [0.2, 0.25) is 0 Å². The number of hydrogen-bond donors (Lipinski definition) is 1. The molecule has 0 aliphatic carbocycles. The molecule has 0 fully saturated rings. The van der Waals surface area contributed by atoms with Gasteiger partial charge in [0.2, 0.25) is 0 Å². The number of fused-ring (bicyclic) bond motifs is 1. The number of ether oxygens (including phenoxy) is 4. The van der Waals surface area contributed by atoms with Crippen LogP contribution in [0.3, 0.4) is 0 Å². The minimum atomic E-state index is -0.224. The average molecular weight is 408 g/mol. The van der Waals surface area contributed by atoms with Crippen LogP contribution < -0.4 is 24.3 Å². The maximum Gasteiger partial charge on any atom is 0.257 e. The number of carbonyl (C=O) groups excluding carboxylic acids is 1. The molecule has 1 aromatic heterocycles. The van der Waals surface area contributed by atoms with Gasteiger partial charge < -0.3 is 28.8 Å². The highest BCUT2D eigenvalue weighted by Gasteiger charge is 2.20. The molecule has 1 aliphatic rings. The molecule has 7 heteroatoms. The van der Waals surface area contributed by atoms with Crippen LogP contribution in [0.15, 0.2) is 42.5 Å². The normalized spacial score (nSPS) is 12.4. The molecular formula is C23H24N2O5. The number of aromatic nitrogens is 1. The molecule has 0 saturated carbocycles. The Bertz CT molecular complexity index is 1100. The fourth-order valence-corrected chi connectivity index (χ4v) is 3.66. The van der Waals surface area contributed by atoms with Gasteiger partial charge in [-0.1, -0.05) is 0 Å². The van der Waals surface area contributed by atoms with E-state index in [1.165, 1.54) is 0 Å². The number of amides is 1. The molecule has 3 aromatic rings. The van der Waals surface area contributed by atoms with Crippen LogP contribution in [-0.2, 0) is 0 Å².